The predicted molar refractivity (Wildman–Crippen MR) is 73.4 cm³/mol. The topological polar surface area (TPSA) is 26.0 Å². The highest BCUT2D eigenvalue weighted by molar-refractivity contribution is 6.75. The van der Waals surface area contributed by atoms with Crippen LogP contribution in [0.5, 0.6) is 0 Å². The fraction of sp³-hybridized carbons (Fsp3) is 0.571. The van der Waals surface area contributed by atoms with E-state index in [1.807, 2.05) is 0 Å². The number of nitrogen functional groups attached to an aromatic ring is 1. The Balaban J connectivity index is 2.39. The minimum Gasteiger partial charge on any atom is -0.399 e. The van der Waals surface area contributed by atoms with Crippen molar-refractivity contribution in [3.8, 4) is 0 Å². The van der Waals surface area contributed by atoms with E-state index in [1.54, 1.807) is 12.1 Å². The molecule has 0 aliphatic carbocycles. The summed E-state index contributed by atoms with van der Waals surface area (Å²) in [7, 11) is 0. The first-order valence-electron chi connectivity index (χ1n) is 6.28. The van der Waals surface area contributed by atoms with Gasteiger partial charge in [0.25, 0.3) is 0 Å². The molecule has 2 N–H and O–H groups in total. The van der Waals surface area contributed by atoms with Gasteiger partial charge in [0.05, 0.1) is 0 Å². The van der Waals surface area contributed by atoms with Crippen molar-refractivity contribution in [3.05, 3.63) is 24.0 Å². The minimum absolute atomic E-state index is 0.150. The summed E-state index contributed by atoms with van der Waals surface area (Å²) >= 11 is 0. The average Bonchev–Trinajstić information content (AvgIpc) is 2.35. The minimum atomic E-state index is -0.150. The smallest absolute Gasteiger partial charge is 0.183 e. The van der Waals surface area contributed by atoms with Crippen LogP contribution >= 0.6 is 0 Å². The molecule has 1 fully saturated rings. The largest absolute Gasteiger partial charge is 0.399 e. The van der Waals surface area contributed by atoms with Crippen LogP contribution in [0.25, 0.3) is 0 Å². The van der Waals surface area contributed by atoms with Gasteiger partial charge in [0.15, 0.2) is 6.71 Å². The summed E-state index contributed by atoms with van der Waals surface area (Å²) in [6, 6.07) is 5.00. The highest BCUT2D eigenvalue weighted by atomic mass is 19.1. The van der Waals surface area contributed by atoms with Crippen molar-refractivity contribution in [3.63, 3.8) is 0 Å². The lowest BCUT2D eigenvalue weighted by atomic mass is 9.41. The van der Waals surface area contributed by atoms with Crippen LogP contribution in [0.1, 0.15) is 27.7 Å². The summed E-state index contributed by atoms with van der Waals surface area (Å²) in [6.45, 7) is 9.32. The molecule has 1 aromatic rings. The molecule has 2 rings (SSSR count). The van der Waals surface area contributed by atoms with Gasteiger partial charge in [0.1, 0.15) is 5.82 Å². The highest BCUT2D eigenvalue weighted by Gasteiger charge is 2.49. The Morgan fingerprint density at radius 1 is 1.12 bits per heavy atom. The van der Waals surface area contributed by atoms with Crippen molar-refractivity contribution in [1.82, 2.24) is 0 Å². The molecule has 0 amide bonds. The molecule has 0 atom stereocenters. The molecule has 1 saturated heterocycles. The maximum absolute atomic E-state index is 13.9. The predicted octanol–water partition coefficient (Wildman–Crippen LogP) is 3.18. The third kappa shape index (κ3) is 1.96. The molecule has 1 aromatic carbocycles. The Bertz CT molecular complexity index is 404. The standard InChI is InChI=1S/C14H21BFN/c1-13(2)8-15(9-14(13,3)4)12-10(16)6-5-7-11(12)17/h5-7H,8-9,17H2,1-4H3. The van der Waals surface area contributed by atoms with Crippen molar-refractivity contribution in [2.24, 2.45) is 10.8 Å². The molecule has 92 valence electrons. The van der Waals surface area contributed by atoms with Gasteiger partial charge in [0, 0.05) is 5.69 Å². The van der Waals surface area contributed by atoms with E-state index in [9.17, 15) is 4.39 Å². The third-order valence-electron chi connectivity index (χ3n) is 4.84. The zero-order valence-corrected chi connectivity index (χ0v) is 11.2. The fourth-order valence-electron chi connectivity index (χ4n) is 3.05. The Hall–Kier alpha value is -0.985. The lowest BCUT2D eigenvalue weighted by Crippen LogP contribution is -2.33. The van der Waals surface area contributed by atoms with Crippen molar-refractivity contribution in [2.45, 2.75) is 40.3 Å². The van der Waals surface area contributed by atoms with Crippen LogP contribution in [0, 0.1) is 16.6 Å². The normalized spacial score (nSPS) is 21.8. The number of halogens is 1. The second kappa shape index (κ2) is 3.76. The quantitative estimate of drug-likeness (QED) is 0.585. The Morgan fingerprint density at radius 2 is 1.65 bits per heavy atom. The molecule has 1 nitrogen and oxygen atoms in total. The maximum Gasteiger partial charge on any atom is 0.183 e. The first-order valence-corrected chi connectivity index (χ1v) is 6.28. The van der Waals surface area contributed by atoms with Gasteiger partial charge in [-0.25, -0.2) is 4.39 Å². The number of hydrogen-bond acceptors (Lipinski definition) is 1. The van der Waals surface area contributed by atoms with Crippen molar-refractivity contribution < 1.29 is 4.39 Å². The number of nitrogens with two attached hydrogens (primary N) is 1. The van der Waals surface area contributed by atoms with Gasteiger partial charge in [-0.1, -0.05) is 46.4 Å². The molecule has 0 radical (unpaired) electrons. The van der Waals surface area contributed by atoms with Crippen LogP contribution in [-0.2, 0) is 0 Å². The Morgan fingerprint density at radius 3 is 2.12 bits per heavy atom. The van der Waals surface area contributed by atoms with Gasteiger partial charge in [-0.3, -0.25) is 0 Å². The first-order chi connectivity index (χ1) is 7.74. The summed E-state index contributed by atoms with van der Waals surface area (Å²) < 4.78 is 13.9. The first kappa shape index (κ1) is 12.5. The van der Waals surface area contributed by atoms with Gasteiger partial charge in [-0.05, 0) is 28.4 Å². The highest BCUT2D eigenvalue weighted by Crippen LogP contribution is 2.52. The SMILES string of the molecule is CC1(C)CB(c2c(N)cccc2F)CC1(C)C. The summed E-state index contributed by atoms with van der Waals surface area (Å²) in [5.74, 6) is -0.150. The molecule has 1 aliphatic heterocycles. The summed E-state index contributed by atoms with van der Waals surface area (Å²) in [6.07, 6.45) is 2.01. The Kier molecular flexibility index (Phi) is 2.76. The summed E-state index contributed by atoms with van der Waals surface area (Å²) in [5.41, 5.74) is 7.72. The van der Waals surface area contributed by atoms with Crippen LogP contribution in [0.4, 0.5) is 10.1 Å². The molecule has 0 aromatic heterocycles. The van der Waals surface area contributed by atoms with Gasteiger partial charge in [-0.15, -0.1) is 0 Å². The van der Waals surface area contributed by atoms with E-state index in [1.165, 1.54) is 6.07 Å². The van der Waals surface area contributed by atoms with E-state index < -0.39 is 0 Å². The number of anilines is 1. The average molecular weight is 233 g/mol. The summed E-state index contributed by atoms with van der Waals surface area (Å²) in [4.78, 5) is 0. The van der Waals surface area contributed by atoms with Crippen LogP contribution in [0.3, 0.4) is 0 Å². The van der Waals surface area contributed by atoms with E-state index in [-0.39, 0.29) is 23.4 Å². The molecular formula is C14H21BFN. The molecule has 1 aliphatic rings. The fourth-order valence-corrected chi connectivity index (χ4v) is 3.05. The van der Waals surface area contributed by atoms with Crippen LogP contribution in [0.2, 0.25) is 12.6 Å². The zero-order valence-electron chi connectivity index (χ0n) is 11.2. The van der Waals surface area contributed by atoms with Gasteiger partial charge in [0.2, 0.25) is 0 Å². The zero-order chi connectivity index (χ0) is 12.8. The van der Waals surface area contributed by atoms with Crippen molar-refractivity contribution in [2.75, 3.05) is 5.73 Å². The van der Waals surface area contributed by atoms with E-state index in [0.29, 0.717) is 5.69 Å². The van der Waals surface area contributed by atoms with Crippen LogP contribution in [-0.4, -0.2) is 6.71 Å². The number of benzene rings is 1. The third-order valence-corrected chi connectivity index (χ3v) is 4.84. The molecular weight excluding hydrogens is 212 g/mol. The lowest BCUT2D eigenvalue weighted by Gasteiger charge is -2.35. The lowest BCUT2D eigenvalue weighted by molar-refractivity contribution is 0.177. The van der Waals surface area contributed by atoms with E-state index in [4.69, 9.17) is 5.73 Å². The van der Waals surface area contributed by atoms with E-state index in [0.717, 1.165) is 18.1 Å². The van der Waals surface area contributed by atoms with Crippen LogP contribution in [0.15, 0.2) is 18.2 Å². The molecule has 0 spiro atoms. The number of hydrogen-bond donors (Lipinski definition) is 1. The Labute approximate surface area is 104 Å². The van der Waals surface area contributed by atoms with Crippen LogP contribution < -0.4 is 11.2 Å². The maximum atomic E-state index is 13.9. The molecule has 0 unspecified atom stereocenters. The molecule has 3 heteroatoms. The van der Waals surface area contributed by atoms with Gasteiger partial charge in [-0.2, -0.15) is 0 Å². The molecule has 0 saturated carbocycles. The summed E-state index contributed by atoms with van der Waals surface area (Å²) in [5, 5.41) is 0. The number of rotatable bonds is 1. The second-order valence-corrected chi connectivity index (χ2v) is 6.62. The molecule has 0 bridgehead atoms. The van der Waals surface area contributed by atoms with Crippen molar-refractivity contribution >= 4 is 17.9 Å². The van der Waals surface area contributed by atoms with Gasteiger partial charge >= 0.3 is 0 Å². The molecule has 17 heavy (non-hydrogen) atoms. The van der Waals surface area contributed by atoms with E-state index >= 15 is 0 Å². The van der Waals surface area contributed by atoms with Gasteiger partial charge < -0.3 is 5.73 Å². The monoisotopic (exact) mass is 233 g/mol. The molecule has 1 heterocycles. The van der Waals surface area contributed by atoms with E-state index in [2.05, 4.69) is 27.7 Å². The second-order valence-electron chi connectivity index (χ2n) is 6.62. The van der Waals surface area contributed by atoms with Crippen molar-refractivity contribution in [1.29, 1.82) is 0 Å².